The van der Waals surface area contributed by atoms with Crippen LogP contribution in [0.1, 0.15) is 54.9 Å². The molecule has 0 atom stereocenters. The maximum absolute atomic E-state index is 3.41. The third kappa shape index (κ3) is 8.31. The van der Waals surface area contributed by atoms with Gasteiger partial charge in [-0.15, -0.1) is 0 Å². The van der Waals surface area contributed by atoms with Crippen molar-refractivity contribution in [2.75, 3.05) is 13.1 Å². The fourth-order valence-electron chi connectivity index (χ4n) is 1.08. The molecule has 0 amide bonds. The Morgan fingerprint density at radius 3 is 2.00 bits per heavy atom. The zero-order chi connectivity index (χ0) is 11.6. The molecule has 14 heavy (non-hydrogen) atoms. The van der Waals surface area contributed by atoms with Crippen molar-refractivity contribution in [3.63, 3.8) is 0 Å². The van der Waals surface area contributed by atoms with E-state index in [0.717, 1.165) is 13.1 Å². The van der Waals surface area contributed by atoms with E-state index in [1.165, 1.54) is 17.6 Å². The van der Waals surface area contributed by atoms with Crippen molar-refractivity contribution < 1.29 is 0 Å². The number of allylic oxidation sites excluding steroid dienone is 1. The lowest BCUT2D eigenvalue weighted by Crippen LogP contribution is -2.18. The highest BCUT2D eigenvalue weighted by molar-refractivity contribution is 5.12. The fraction of sp³-hybridized carbons (Fsp3) is 0.846. The zero-order valence-corrected chi connectivity index (χ0v) is 11.2. The van der Waals surface area contributed by atoms with E-state index in [1.54, 1.807) is 0 Å². The van der Waals surface area contributed by atoms with Crippen LogP contribution in [0.3, 0.4) is 0 Å². The number of nitrogens with one attached hydrogen (secondary N) is 1. The van der Waals surface area contributed by atoms with Crippen molar-refractivity contribution in [1.82, 2.24) is 5.32 Å². The van der Waals surface area contributed by atoms with Crippen LogP contribution in [0.4, 0.5) is 0 Å². The van der Waals surface area contributed by atoms with Gasteiger partial charge in [-0.3, -0.25) is 0 Å². The van der Waals surface area contributed by atoms with Gasteiger partial charge in [0.2, 0.25) is 0 Å². The smallest absolute Gasteiger partial charge is 0.0164 e. The van der Waals surface area contributed by atoms with Gasteiger partial charge in [0, 0.05) is 6.54 Å². The van der Waals surface area contributed by atoms with E-state index >= 15 is 0 Å². The van der Waals surface area contributed by atoms with Gasteiger partial charge in [-0.25, -0.2) is 0 Å². The second-order valence-corrected chi connectivity index (χ2v) is 3.79. The highest BCUT2D eigenvalue weighted by Gasteiger charge is 2.00. The van der Waals surface area contributed by atoms with Crippen molar-refractivity contribution in [2.24, 2.45) is 5.92 Å². The molecule has 0 fully saturated rings. The average molecular weight is 199 g/mol. The minimum absolute atomic E-state index is 0.688. The lowest BCUT2D eigenvalue weighted by molar-refractivity contribution is 0.689. The second kappa shape index (κ2) is 10.8. The van der Waals surface area contributed by atoms with E-state index in [-0.39, 0.29) is 0 Å². The van der Waals surface area contributed by atoms with E-state index in [2.05, 4.69) is 39.9 Å². The standard InChI is InChI=1S/C11H23N.C2H6/c1-6-7-12-8-10(4)11(5)9(2)3;1-2/h9,12H,6-8H2,1-5H3;1-2H3/b11-10+;. The van der Waals surface area contributed by atoms with Crippen LogP contribution in [0.25, 0.3) is 0 Å². The Kier molecular flexibility index (Phi) is 12.4. The maximum atomic E-state index is 3.41. The molecule has 0 unspecified atom stereocenters. The molecule has 0 aromatic rings. The molecule has 0 radical (unpaired) electrons. The molecule has 0 aliphatic carbocycles. The Labute approximate surface area is 91.0 Å². The molecule has 0 aliphatic rings. The van der Waals surface area contributed by atoms with Crippen LogP contribution in [0.2, 0.25) is 0 Å². The van der Waals surface area contributed by atoms with Gasteiger partial charge < -0.3 is 5.32 Å². The fourth-order valence-corrected chi connectivity index (χ4v) is 1.08. The predicted molar refractivity (Wildman–Crippen MR) is 67.7 cm³/mol. The lowest BCUT2D eigenvalue weighted by atomic mass is 10.00. The van der Waals surface area contributed by atoms with Crippen LogP contribution < -0.4 is 5.32 Å². The predicted octanol–water partition coefficient (Wildman–Crippen LogP) is 4.00. The monoisotopic (exact) mass is 199 g/mol. The lowest BCUT2D eigenvalue weighted by Gasteiger charge is -2.11. The molecular weight excluding hydrogens is 170 g/mol. The van der Waals surface area contributed by atoms with Crippen molar-refractivity contribution in [2.45, 2.75) is 54.9 Å². The molecule has 0 spiro atoms. The van der Waals surface area contributed by atoms with Gasteiger partial charge in [-0.05, 0) is 32.7 Å². The Morgan fingerprint density at radius 2 is 1.64 bits per heavy atom. The van der Waals surface area contributed by atoms with E-state index in [9.17, 15) is 0 Å². The quantitative estimate of drug-likeness (QED) is 0.521. The summed E-state index contributed by atoms with van der Waals surface area (Å²) in [5, 5.41) is 3.41. The molecule has 0 saturated carbocycles. The highest BCUT2D eigenvalue weighted by Crippen LogP contribution is 2.12. The Hall–Kier alpha value is -0.300. The highest BCUT2D eigenvalue weighted by atomic mass is 14.8. The topological polar surface area (TPSA) is 12.0 Å². The third-order valence-corrected chi connectivity index (χ3v) is 2.36. The van der Waals surface area contributed by atoms with Gasteiger partial charge in [-0.2, -0.15) is 0 Å². The van der Waals surface area contributed by atoms with Gasteiger partial charge in [0.1, 0.15) is 0 Å². The number of hydrogen-bond acceptors (Lipinski definition) is 1. The first kappa shape index (κ1) is 16.1. The number of hydrogen-bond donors (Lipinski definition) is 1. The molecule has 0 aromatic heterocycles. The summed E-state index contributed by atoms with van der Waals surface area (Å²) in [6.45, 7) is 17.3. The molecule has 1 nitrogen and oxygen atoms in total. The Balaban J connectivity index is 0. The van der Waals surface area contributed by atoms with Crippen molar-refractivity contribution in [3.05, 3.63) is 11.1 Å². The van der Waals surface area contributed by atoms with Crippen molar-refractivity contribution >= 4 is 0 Å². The maximum Gasteiger partial charge on any atom is 0.0164 e. The summed E-state index contributed by atoms with van der Waals surface area (Å²) in [5.41, 5.74) is 3.03. The van der Waals surface area contributed by atoms with Gasteiger partial charge in [-0.1, -0.05) is 45.8 Å². The Bertz CT molecular complexity index is 145. The second-order valence-electron chi connectivity index (χ2n) is 3.79. The van der Waals surface area contributed by atoms with Crippen LogP contribution in [-0.4, -0.2) is 13.1 Å². The van der Waals surface area contributed by atoms with E-state index in [4.69, 9.17) is 0 Å². The summed E-state index contributed by atoms with van der Waals surface area (Å²) in [6.07, 6.45) is 1.22. The van der Waals surface area contributed by atoms with Crippen LogP contribution in [0.15, 0.2) is 11.1 Å². The molecular formula is C13H29N. The van der Waals surface area contributed by atoms with Crippen LogP contribution in [0, 0.1) is 5.92 Å². The van der Waals surface area contributed by atoms with Crippen molar-refractivity contribution in [3.8, 4) is 0 Å². The molecule has 1 N–H and O–H groups in total. The third-order valence-electron chi connectivity index (χ3n) is 2.36. The zero-order valence-electron chi connectivity index (χ0n) is 11.2. The summed E-state index contributed by atoms with van der Waals surface area (Å²) in [5.74, 6) is 0.688. The van der Waals surface area contributed by atoms with Gasteiger partial charge in [0.15, 0.2) is 0 Å². The molecule has 0 aromatic carbocycles. The van der Waals surface area contributed by atoms with Gasteiger partial charge in [0.05, 0.1) is 0 Å². The molecule has 86 valence electrons. The van der Waals surface area contributed by atoms with E-state index in [0.29, 0.717) is 5.92 Å². The first-order valence-corrected chi connectivity index (χ1v) is 5.96. The first-order chi connectivity index (χ1) is 6.59. The summed E-state index contributed by atoms with van der Waals surface area (Å²) in [6, 6.07) is 0. The largest absolute Gasteiger partial charge is 0.313 e. The van der Waals surface area contributed by atoms with Crippen LogP contribution >= 0.6 is 0 Å². The van der Waals surface area contributed by atoms with Crippen LogP contribution in [-0.2, 0) is 0 Å². The Morgan fingerprint density at radius 1 is 1.14 bits per heavy atom. The molecule has 0 heterocycles. The summed E-state index contributed by atoms with van der Waals surface area (Å²) < 4.78 is 0. The van der Waals surface area contributed by atoms with Crippen molar-refractivity contribution in [1.29, 1.82) is 0 Å². The minimum atomic E-state index is 0.688. The van der Waals surface area contributed by atoms with E-state index in [1.807, 2.05) is 13.8 Å². The van der Waals surface area contributed by atoms with E-state index < -0.39 is 0 Å². The summed E-state index contributed by atoms with van der Waals surface area (Å²) >= 11 is 0. The molecule has 0 aliphatic heterocycles. The molecule has 0 bridgehead atoms. The van der Waals surface area contributed by atoms with Gasteiger partial charge in [0.25, 0.3) is 0 Å². The number of rotatable bonds is 5. The minimum Gasteiger partial charge on any atom is -0.313 e. The molecule has 0 rings (SSSR count). The SMILES string of the molecule is CC.CCCNC/C(C)=C(\C)C(C)C. The molecule has 0 saturated heterocycles. The normalized spacial score (nSPS) is 12.0. The average Bonchev–Trinajstić information content (AvgIpc) is 2.19. The summed E-state index contributed by atoms with van der Waals surface area (Å²) in [7, 11) is 0. The van der Waals surface area contributed by atoms with Crippen LogP contribution in [0.5, 0.6) is 0 Å². The first-order valence-electron chi connectivity index (χ1n) is 5.96. The molecule has 1 heteroatoms. The van der Waals surface area contributed by atoms with Gasteiger partial charge >= 0.3 is 0 Å². The summed E-state index contributed by atoms with van der Waals surface area (Å²) in [4.78, 5) is 0.